The molecular weight excluding hydrogens is 353 g/mol. The summed E-state index contributed by atoms with van der Waals surface area (Å²) in [4.78, 5) is 12.4. The Morgan fingerprint density at radius 1 is 1.18 bits per heavy atom. The molecule has 1 saturated carbocycles. The van der Waals surface area contributed by atoms with Gasteiger partial charge in [0.15, 0.2) is 0 Å². The highest BCUT2D eigenvalue weighted by molar-refractivity contribution is 5.75. The molecule has 0 aliphatic heterocycles. The second-order valence-electron chi connectivity index (χ2n) is 8.22. The van der Waals surface area contributed by atoms with Gasteiger partial charge in [-0.25, -0.2) is 4.39 Å². The Kier molecular flexibility index (Phi) is 10.6. The molecule has 3 nitrogen and oxygen atoms in total. The van der Waals surface area contributed by atoms with Gasteiger partial charge in [0.1, 0.15) is 11.6 Å². The van der Waals surface area contributed by atoms with Gasteiger partial charge >= 0.3 is 5.97 Å². The van der Waals surface area contributed by atoms with E-state index in [0.29, 0.717) is 23.1 Å². The lowest BCUT2D eigenvalue weighted by molar-refractivity contribution is -0.140. The number of ether oxygens (including phenoxy) is 1. The van der Waals surface area contributed by atoms with Crippen LogP contribution in [0.3, 0.4) is 0 Å². The average Bonchev–Trinajstić information content (AvgIpc) is 2.71. The molecule has 0 bridgehead atoms. The highest BCUT2D eigenvalue weighted by atomic mass is 19.1. The number of rotatable bonds is 7. The smallest absolute Gasteiger partial charge is 0.314 e. The van der Waals surface area contributed by atoms with Gasteiger partial charge in [-0.3, -0.25) is 4.79 Å². The Morgan fingerprint density at radius 3 is 2.32 bits per heavy atom. The van der Waals surface area contributed by atoms with Crippen molar-refractivity contribution in [3.63, 3.8) is 0 Å². The van der Waals surface area contributed by atoms with Crippen LogP contribution in [0.1, 0.15) is 85.1 Å². The van der Waals surface area contributed by atoms with Gasteiger partial charge in [0.05, 0.1) is 5.92 Å². The summed E-state index contributed by atoms with van der Waals surface area (Å²) in [5.41, 5.74) is 6.45. The largest absolute Gasteiger partial charge is 0.426 e. The fourth-order valence-electron chi connectivity index (χ4n) is 3.84. The number of carbonyl (C=O) groups excluding carboxylic acids is 1. The van der Waals surface area contributed by atoms with Crippen molar-refractivity contribution in [1.29, 1.82) is 0 Å². The summed E-state index contributed by atoms with van der Waals surface area (Å²) in [5.74, 6) is 1.65. The van der Waals surface area contributed by atoms with Crippen LogP contribution in [-0.2, 0) is 4.79 Å². The number of hydrogen-bond acceptors (Lipinski definition) is 3. The fraction of sp³-hybridized carbons (Fsp3) is 0.708. The number of hydrogen-bond donors (Lipinski definition) is 1. The molecule has 0 saturated heterocycles. The summed E-state index contributed by atoms with van der Waals surface area (Å²) in [6, 6.07) is 2.77. The predicted molar refractivity (Wildman–Crippen MR) is 116 cm³/mol. The third kappa shape index (κ3) is 7.10. The Balaban J connectivity index is 0.00000190. The molecule has 160 valence electrons. The molecule has 1 aromatic rings. The molecule has 0 aromatic heterocycles. The van der Waals surface area contributed by atoms with Crippen LogP contribution in [0.25, 0.3) is 0 Å². The van der Waals surface area contributed by atoms with E-state index in [1.165, 1.54) is 31.4 Å². The lowest BCUT2D eigenvalue weighted by Crippen LogP contribution is -2.28. The first-order valence-electron chi connectivity index (χ1n) is 11.1. The van der Waals surface area contributed by atoms with E-state index in [4.69, 9.17) is 10.5 Å². The fourth-order valence-corrected chi connectivity index (χ4v) is 3.84. The number of carbonyl (C=O) groups is 1. The first-order valence-corrected chi connectivity index (χ1v) is 11.1. The maximum absolute atomic E-state index is 13.8. The second-order valence-corrected chi connectivity index (χ2v) is 8.22. The van der Waals surface area contributed by atoms with Crippen LogP contribution in [0.15, 0.2) is 12.1 Å². The van der Waals surface area contributed by atoms with E-state index in [2.05, 4.69) is 20.8 Å². The van der Waals surface area contributed by atoms with Crippen molar-refractivity contribution in [2.75, 3.05) is 5.73 Å². The Hall–Kier alpha value is -1.58. The third-order valence-electron chi connectivity index (χ3n) is 6.30. The topological polar surface area (TPSA) is 52.3 Å². The normalized spacial score (nSPS) is 21.2. The molecule has 2 unspecified atom stereocenters. The minimum Gasteiger partial charge on any atom is -0.426 e. The molecule has 0 spiro atoms. The number of nitrogens with two attached hydrogens (primary N) is 1. The van der Waals surface area contributed by atoms with Crippen LogP contribution in [0.5, 0.6) is 5.75 Å². The molecular formula is C24H40FNO2. The summed E-state index contributed by atoms with van der Waals surface area (Å²) < 4.78 is 19.2. The monoisotopic (exact) mass is 393 g/mol. The van der Waals surface area contributed by atoms with Crippen LogP contribution in [0.2, 0.25) is 0 Å². The van der Waals surface area contributed by atoms with Gasteiger partial charge in [-0.05, 0) is 50.4 Å². The predicted octanol–water partition coefficient (Wildman–Crippen LogP) is 6.92. The van der Waals surface area contributed by atoms with Gasteiger partial charge < -0.3 is 10.5 Å². The van der Waals surface area contributed by atoms with Crippen molar-refractivity contribution in [2.24, 2.45) is 23.7 Å². The van der Waals surface area contributed by atoms with Crippen molar-refractivity contribution in [3.8, 4) is 5.75 Å². The van der Waals surface area contributed by atoms with Gasteiger partial charge in [0.2, 0.25) is 0 Å². The van der Waals surface area contributed by atoms with Gasteiger partial charge in [0, 0.05) is 23.4 Å². The van der Waals surface area contributed by atoms with Gasteiger partial charge in [-0.1, -0.05) is 53.9 Å². The van der Waals surface area contributed by atoms with Crippen LogP contribution in [-0.4, -0.2) is 5.97 Å². The summed E-state index contributed by atoms with van der Waals surface area (Å²) in [7, 11) is 0. The standard InChI is InChI=1S/C22H34FNO2.C2H6/c1-5-14(2)6-7-15(3)17-8-10-18(11-9-17)22(25)26-19-12-20(23)16(4)21(24)13-19;1-2/h12-15,17-18H,5-11,24H2,1-4H3;1-2H3. The van der Waals surface area contributed by atoms with Gasteiger partial charge in [-0.2, -0.15) is 0 Å². The van der Waals surface area contributed by atoms with E-state index < -0.39 is 5.82 Å². The SMILES string of the molecule is CC.CCC(C)CCC(C)C1CCC(C(=O)Oc2cc(N)c(C)c(F)c2)CC1. The first-order chi connectivity index (χ1) is 13.3. The Bertz CT molecular complexity index is 586. The molecule has 4 heteroatoms. The second kappa shape index (κ2) is 12.1. The summed E-state index contributed by atoms with van der Waals surface area (Å²) in [5, 5.41) is 0. The molecule has 0 radical (unpaired) electrons. The number of halogens is 1. The molecule has 2 N–H and O–H groups in total. The number of anilines is 1. The zero-order chi connectivity index (χ0) is 21.3. The van der Waals surface area contributed by atoms with E-state index in [-0.39, 0.29) is 17.6 Å². The molecule has 0 amide bonds. The summed E-state index contributed by atoms with van der Waals surface area (Å²) >= 11 is 0. The quantitative estimate of drug-likeness (QED) is 0.311. The van der Waals surface area contributed by atoms with Crippen molar-refractivity contribution in [2.45, 2.75) is 86.5 Å². The molecule has 1 aromatic carbocycles. The molecule has 2 rings (SSSR count). The maximum Gasteiger partial charge on any atom is 0.314 e. The summed E-state index contributed by atoms with van der Waals surface area (Å²) in [6.45, 7) is 12.5. The molecule has 1 aliphatic carbocycles. The minimum atomic E-state index is -0.438. The van der Waals surface area contributed by atoms with Crippen molar-refractivity contribution < 1.29 is 13.9 Å². The minimum absolute atomic E-state index is 0.0846. The zero-order valence-corrected chi connectivity index (χ0v) is 18.7. The number of benzene rings is 1. The van der Waals surface area contributed by atoms with Crippen LogP contribution < -0.4 is 10.5 Å². The van der Waals surface area contributed by atoms with E-state index in [1.807, 2.05) is 13.8 Å². The number of esters is 1. The molecule has 1 fully saturated rings. The number of nitrogen functional groups attached to an aromatic ring is 1. The molecule has 1 aliphatic rings. The maximum atomic E-state index is 13.8. The molecule has 28 heavy (non-hydrogen) atoms. The van der Waals surface area contributed by atoms with E-state index >= 15 is 0 Å². The van der Waals surface area contributed by atoms with Crippen molar-refractivity contribution in [1.82, 2.24) is 0 Å². The van der Waals surface area contributed by atoms with Crippen molar-refractivity contribution >= 4 is 11.7 Å². The van der Waals surface area contributed by atoms with Gasteiger partial charge in [0.25, 0.3) is 0 Å². The van der Waals surface area contributed by atoms with Crippen LogP contribution in [0.4, 0.5) is 10.1 Å². The first kappa shape index (κ1) is 24.5. The lowest BCUT2D eigenvalue weighted by Gasteiger charge is -2.31. The van der Waals surface area contributed by atoms with E-state index in [0.717, 1.165) is 31.6 Å². The van der Waals surface area contributed by atoms with E-state index in [1.54, 1.807) is 6.92 Å². The Labute approximate surface area is 171 Å². The average molecular weight is 394 g/mol. The van der Waals surface area contributed by atoms with E-state index in [9.17, 15) is 9.18 Å². The van der Waals surface area contributed by atoms with Gasteiger partial charge in [-0.15, -0.1) is 0 Å². The Morgan fingerprint density at radius 2 is 1.79 bits per heavy atom. The highest BCUT2D eigenvalue weighted by Crippen LogP contribution is 2.36. The highest BCUT2D eigenvalue weighted by Gasteiger charge is 2.30. The van der Waals surface area contributed by atoms with Crippen molar-refractivity contribution in [3.05, 3.63) is 23.5 Å². The third-order valence-corrected chi connectivity index (χ3v) is 6.30. The van der Waals surface area contributed by atoms with Crippen LogP contribution in [0, 0.1) is 36.4 Å². The summed E-state index contributed by atoms with van der Waals surface area (Å²) in [6.07, 6.45) is 7.69. The lowest BCUT2D eigenvalue weighted by atomic mass is 9.74. The van der Waals surface area contributed by atoms with Crippen LogP contribution >= 0.6 is 0 Å². The zero-order valence-electron chi connectivity index (χ0n) is 18.7. The molecule has 2 atom stereocenters. The molecule has 0 heterocycles.